The fourth-order valence-corrected chi connectivity index (χ4v) is 2.76. The van der Waals surface area contributed by atoms with E-state index in [-0.39, 0.29) is 11.7 Å². The lowest BCUT2D eigenvalue weighted by Crippen LogP contribution is -2.17. The molecule has 4 nitrogen and oxygen atoms in total. The normalized spacial score (nSPS) is 17.0. The van der Waals surface area contributed by atoms with Crippen LogP contribution in [0, 0.1) is 13.8 Å². The van der Waals surface area contributed by atoms with Crippen molar-refractivity contribution in [2.24, 2.45) is 0 Å². The lowest BCUT2D eigenvalue weighted by Gasteiger charge is -2.17. The molecule has 118 valence electrons. The molecule has 22 heavy (non-hydrogen) atoms. The Morgan fingerprint density at radius 1 is 1.05 bits per heavy atom. The summed E-state index contributed by atoms with van der Waals surface area (Å²) in [6, 6.07) is 0. The van der Waals surface area contributed by atoms with Gasteiger partial charge in [0.1, 0.15) is 5.52 Å². The molecule has 8 heteroatoms. The largest absolute Gasteiger partial charge is 0.389 e. The molecule has 2 aromatic rings. The van der Waals surface area contributed by atoms with Crippen molar-refractivity contribution in [1.82, 2.24) is 19.9 Å². The fourth-order valence-electron chi connectivity index (χ4n) is 2.59. The zero-order chi connectivity index (χ0) is 16.1. The van der Waals surface area contributed by atoms with E-state index in [2.05, 4.69) is 19.9 Å². The van der Waals surface area contributed by atoms with Gasteiger partial charge in [0, 0.05) is 11.8 Å². The summed E-state index contributed by atoms with van der Waals surface area (Å²) in [5.41, 5.74) is 2.14. The second-order valence-electron chi connectivity index (χ2n) is 5.80. The molecule has 0 spiro atoms. The Kier molecular flexibility index (Phi) is 3.51. The van der Waals surface area contributed by atoms with Crippen LogP contribution in [0.15, 0.2) is 0 Å². The molecule has 0 saturated heterocycles. The van der Waals surface area contributed by atoms with Gasteiger partial charge in [-0.25, -0.2) is 15.0 Å². The maximum absolute atomic E-state index is 12.6. The van der Waals surface area contributed by atoms with Gasteiger partial charge >= 0.3 is 6.18 Å². The van der Waals surface area contributed by atoms with Gasteiger partial charge in [0.05, 0.1) is 17.1 Å². The smallest absolute Gasteiger partial charge is 0.246 e. The molecular formula is C14H14ClF3N4. The summed E-state index contributed by atoms with van der Waals surface area (Å²) in [5, 5.41) is -0.00154. The summed E-state index contributed by atoms with van der Waals surface area (Å²) >= 11 is 5.93. The van der Waals surface area contributed by atoms with Crippen LogP contribution in [0.4, 0.5) is 13.2 Å². The second-order valence-corrected chi connectivity index (χ2v) is 6.14. The summed E-state index contributed by atoms with van der Waals surface area (Å²) in [7, 11) is 0. The van der Waals surface area contributed by atoms with Crippen LogP contribution in [0.3, 0.4) is 0 Å². The summed E-state index contributed by atoms with van der Waals surface area (Å²) in [6.45, 7) is 3.60. The van der Waals surface area contributed by atoms with Crippen LogP contribution in [0.25, 0.3) is 11.2 Å². The number of fused-ring (bicyclic) bond motifs is 1. The molecule has 2 aromatic heterocycles. The molecular weight excluding hydrogens is 317 g/mol. The standard InChI is InChI=1S/C14H14ClF3N4/c1-7-8(2)20-11-9(19-7)10(21-12(15)22-11)13(3-4-13)5-6-14(16,17)18/h3-6H2,1-2H3. The predicted octanol–water partition coefficient (Wildman–Crippen LogP) is 4.06. The highest BCUT2D eigenvalue weighted by Gasteiger charge is 2.49. The van der Waals surface area contributed by atoms with Gasteiger partial charge in [-0.15, -0.1) is 0 Å². The minimum atomic E-state index is -4.18. The summed E-state index contributed by atoms with van der Waals surface area (Å²) in [4.78, 5) is 17.0. The second kappa shape index (κ2) is 5.01. The van der Waals surface area contributed by atoms with E-state index in [1.165, 1.54) is 0 Å². The molecule has 1 saturated carbocycles. The van der Waals surface area contributed by atoms with Crippen LogP contribution >= 0.6 is 11.6 Å². The number of hydrogen-bond donors (Lipinski definition) is 0. The molecule has 0 aromatic carbocycles. The molecule has 0 N–H and O–H groups in total. The van der Waals surface area contributed by atoms with Crippen molar-refractivity contribution in [2.45, 2.75) is 51.1 Å². The van der Waals surface area contributed by atoms with Gasteiger partial charge in [-0.2, -0.15) is 18.2 Å². The Labute approximate surface area is 130 Å². The Hall–Kier alpha value is -1.50. The first-order valence-electron chi connectivity index (χ1n) is 6.96. The van der Waals surface area contributed by atoms with E-state index in [1.807, 2.05) is 0 Å². The minimum absolute atomic E-state index is 0.00154. The van der Waals surface area contributed by atoms with E-state index in [9.17, 15) is 13.2 Å². The van der Waals surface area contributed by atoms with Gasteiger partial charge in [0.2, 0.25) is 5.28 Å². The minimum Gasteiger partial charge on any atom is -0.246 e. The van der Waals surface area contributed by atoms with E-state index in [1.54, 1.807) is 13.8 Å². The molecule has 0 bridgehead atoms. The zero-order valence-corrected chi connectivity index (χ0v) is 12.9. The van der Waals surface area contributed by atoms with Crippen molar-refractivity contribution in [3.05, 3.63) is 22.4 Å². The number of rotatable bonds is 3. The highest BCUT2D eigenvalue weighted by atomic mass is 35.5. The Balaban J connectivity index is 2.08. The quantitative estimate of drug-likeness (QED) is 0.796. The number of nitrogens with zero attached hydrogens (tertiary/aromatic N) is 4. The molecule has 0 aliphatic heterocycles. The van der Waals surface area contributed by atoms with Crippen LogP contribution in [0.5, 0.6) is 0 Å². The number of aromatic nitrogens is 4. The van der Waals surface area contributed by atoms with E-state index in [4.69, 9.17) is 11.6 Å². The number of hydrogen-bond acceptors (Lipinski definition) is 4. The first-order chi connectivity index (χ1) is 10.2. The van der Waals surface area contributed by atoms with Gasteiger partial charge in [-0.1, -0.05) is 0 Å². The predicted molar refractivity (Wildman–Crippen MR) is 75.8 cm³/mol. The Morgan fingerprint density at radius 3 is 2.27 bits per heavy atom. The first kappa shape index (κ1) is 15.4. The summed E-state index contributed by atoms with van der Waals surface area (Å²) < 4.78 is 37.7. The van der Waals surface area contributed by atoms with Crippen molar-refractivity contribution >= 4 is 22.8 Å². The molecule has 1 aliphatic rings. The molecule has 0 atom stereocenters. The maximum Gasteiger partial charge on any atom is 0.389 e. The lowest BCUT2D eigenvalue weighted by atomic mass is 9.94. The number of alkyl halides is 3. The molecule has 3 rings (SSSR count). The number of aryl methyl sites for hydroxylation is 2. The highest BCUT2D eigenvalue weighted by molar-refractivity contribution is 6.28. The average molecular weight is 331 g/mol. The van der Waals surface area contributed by atoms with Crippen molar-refractivity contribution in [2.75, 3.05) is 0 Å². The van der Waals surface area contributed by atoms with Crippen LogP contribution in [-0.4, -0.2) is 26.1 Å². The molecule has 2 heterocycles. The van der Waals surface area contributed by atoms with Crippen molar-refractivity contribution < 1.29 is 13.2 Å². The van der Waals surface area contributed by atoms with Gasteiger partial charge in [0.25, 0.3) is 0 Å². The van der Waals surface area contributed by atoms with E-state index in [0.717, 1.165) is 0 Å². The Bertz CT molecular complexity index is 741. The van der Waals surface area contributed by atoms with Crippen molar-refractivity contribution in [3.63, 3.8) is 0 Å². The van der Waals surface area contributed by atoms with Gasteiger partial charge in [0.15, 0.2) is 5.65 Å². The van der Waals surface area contributed by atoms with Gasteiger partial charge in [-0.3, -0.25) is 0 Å². The van der Waals surface area contributed by atoms with Crippen LogP contribution in [0.1, 0.15) is 42.8 Å². The molecule has 1 aliphatic carbocycles. The van der Waals surface area contributed by atoms with Crippen LogP contribution in [-0.2, 0) is 5.41 Å². The van der Waals surface area contributed by atoms with Crippen molar-refractivity contribution in [1.29, 1.82) is 0 Å². The zero-order valence-electron chi connectivity index (χ0n) is 12.1. The maximum atomic E-state index is 12.6. The highest BCUT2D eigenvalue weighted by Crippen LogP contribution is 2.53. The number of halogens is 4. The fraction of sp³-hybridized carbons (Fsp3) is 0.571. The third-order valence-corrected chi connectivity index (χ3v) is 4.33. The first-order valence-corrected chi connectivity index (χ1v) is 7.34. The van der Waals surface area contributed by atoms with E-state index >= 15 is 0 Å². The lowest BCUT2D eigenvalue weighted by molar-refractivity contribution is -0.136. The van der Waals surface area contributed by atoms with Crippen LogP contribution < -0.4 is 0 Å². The third-order valence-electron chi connectivity index (χ3n) is 4.16. The molecule has 0 unspecified atom stereocenters. The van der Waals surface area contributed by atoms with E-state index < -0.39 is 18.0 Å². The van der Waals surface area contributed by atoms with Gasteiger partial charge in [-0.05, 0) is 44.7 Å². The SMILES string of the molecule is Cc1nc2nc(Cl)nc(C3(CCC(F)(F)F)CC3)c2nc1C. The average Bonchev–Trinajstić information content (AvgIpc) is 3.18. The Morgan fingerprint density at radius 2 is 1.68 bits per heavy atom. The monoisotopic (exact) mass is 330 g/mol. The van der Waals surface area contributed by atoms with Crippen molar-refractivity contribution in [3.8, 4) is 0 Å². The molecule has 0 amide bonds. The molecule has 0 radical (unpaired) electrons. The third kappa shape index (κ3) is 2.86. The van der Waals surface area contributed by atoms with Crippen LogP contribution in [0.2, 0.25) is 5.28 Å². The molecule has 1 fully saturated rings. The van der Waals surface area contributed by atoms with E-state index in [0.29, 0.717) is 41.1 Å². The topological polar surface area (TPSA) is 51.6 Å². The summed E-state index contributed by atoms with van der Waals surface area (Å²) in [5.74, 6) is 0. The summed E-state index contributed by atoms with van der Waals surface area (Å²) in [6.07, 6.45) is -3.72. The van der Waals surface area contributed by atoms with Gasteiger partial charge < -0.3 is 0 Å².